The topological polar surface area (TPSA) is 72.4 Å². The van der Waals surface area contributed by atoms with Crippen molar-refractivity contribution in [3.8, 4) is 0 Å². The van der Waals surface area contributed by atoms with Gasteiger partial charge in [0.25, 0.3) is 5.69 Å². The largest absolute Gasteiger partial charge is 0.313 e. The summed E-state index contributed by atoms with van der Waals surface area (Å²) >= 11 is 0. The van der Waals surface area contributed by atoms with E-state index in [1.165, 1.54) is 12.1 Å². The fourth-order valence-electron chi connectivity index (χ4n) is 1.31. The molecular weight excluding hydrogens is 206 g/mol. The molecule has 0 spiro atoms. The van der Waals surface area contributed by atoms with Crippen molar-refractivity contribution in [3.05, 3.63) is 39.9 Å². The number of nitrogens with two attached hydrogens (primary N) is 1. The number of benzene rings is 1. The maximum Gasteiger partial charge on any atom is 0.269 e. The third-order valence-corrected chi connectivity index (χ3v) is 2.73. The van der Waals surface area contributed by atoms with E-state index in [4.69, 9.17) is 5.73 Å². The Kier molecular flexibility index (Phi) is 3.62. The van der Waals surface area contributed by atoms with Crippen LogP contribution in [0.25, 0.3) is 0 Å². The van der Waals surface area contributed by atoms with Gasteiger partial charge in [-0.25, -0.2) is 0 Å². The first-order valence-electron chi connectivity index (χ1n) is 5.02. The predicted octanol–water partition coefficient (Wildman–Crippen LogP) is 1.37. The molecule has 16 heavy (non-hydrogen) atoms. The van der Waals surface area contributed by atoms with E-state index < -0.39 is 10.6 Å². The molecule has 88 valence electrons. The van der Waals surface area contributed by atoms with Gasteiger partial charge in [0.05, 0.1) is 10.6 Å². The van der Waals surface area contributed by atoms with Gasteiger partial charge in [-0.2, -0.15) is 0 Å². The van der Waals surface area contributed by atoms with Crippen molar-refractivity contribution in [1.82, 2.24) is 4.90 Å². The first-order chi connectivity index (χ1) is 7.33. The molecule has 0 fully saturated rings. The van der Waals surface area contributed by atoms with Crippen LogP contribution in [-0.2, 0) is 6.42 Å². The Bertz CT molecular complexity index is 371. The van der Waals surface area contributed by atoms with Crippen LogP contribution in [0.2, 0.25) is 0 Å². The molecule has 2 N–H and O–H groups in total. The summed E-state index contributed by atoms with van der Waals surface area (Å²) in [7, 11) is 3.82. The molecule has 0 amide bonds. The Morgan fingerprint density at radius 3 is 2.25 bits per heavy atom. The maximum atomic E-state index is 10.5. The molecule has 5 heteroatoms. The number of nitro groups is 1. The summed E-state index contributed by atoms with van der Waals surface area (Å²) in [5.74, 6) is 0. The van der Waals surface area contributed by atoms with Crippen LogP contribution in [-0.4, -0.2) is 29.6 Å². The molecule has 1 atom stereocenters. The molecule has 0 saturated heterocycles. The van der Waals surface area contributed by atoms with Crippen LogP contribution in [0.5, 0.6) is 0 Å². The van der Waals surface area contributed by atoms with Gasteiger partial charge in [-0.1, -0.05) is 12.1 Å². The molecule has 1 aromatic rings. The van der Waals surface area contributed by atoms with Gasteiger partial charge in [0, 0.05) is 18.6 Å². The van der Waals surface area contributed by atoms with E-state index in [9.17, 15) is 10.1 Å². The SMILES string of the molecule is CN(C)C(C)(N)Cc1ccc([N+](=O)[O-])cc1. The Balaban J connectivity index is 2.80. The van der Waals surface area contributed by atoms with Gasteiger partial charge in [-0.05, 0) is 26.6 Å². The molecule has 0 heterocycles. The van der Waals surface area contributed by atoms with E-state index in [1.54, 1.807) is 12.1 Å². The summed E-state index contributed by atoms with van der Waals surface area (Å²) < 4.78 is 0. The molecule has 0 aromatic heterocycles. The Morgan fingerprint density at radius 2 is 1.88 bits per heavy atom. The first kappa shape index (κ1) is 12.6. The molecule has 1 unspecified atom stereocenters. The van der Waals surface area contributed by atoms with E-state index >= 15 is 0 Å². The van der Waals surface area contributed by atoms with Crippen molar-refractivity contribution in [3.63, 3.8) is 0 Å². The summed E-state index contributed by atoms with van der Waals surface area (Å²) in [6, 6.07) is 6.49. The first-order valence-corrected chi connectivity index (χ1v) is 5.02. The Labute approximate surface area is 95.0 Å². The highest BCUT2D eigenvalue weighted by Gasteiger charge is 2.21. The van der Waals surface area contributed by atoms with Gasteiger partial charge in [-0.3, -0.25) is 15.0 Å². The van der Waals surface area contributed by atoms with Crippen LogP contribution in [0.15, 0.2) is 24.3 Å². The maximum absolute atomic E-state index is 10.5. The molecule has 0 bridgehead atoms. The van der Waals surface area contributed by atoms with Gasteiger partial charge in [-0.15, -0.1) is 0 Å². The van der Waals surface area contributed by atoms with E-state index in [0.29, 0.717) is 6.42 Å². The van der Waals surface area contributed by atoms with Crippen LogP contribution < -0.4 is 5.73 Å². The minimum Gasteiger partial charge on any atom is -0.313 e. The van der Waals surface area contributed by atoms with Crippen LogP contribution in [0.4, 0.5) is 5.69 Å². The predicted molar refractivity (Wildman–Crippen MR) is 63.1 cm³/mol. The molecule has 1 rings (SSSR count). The zero-order valence-electron chi connectivity index (χ0n) is 9.80. The molecule has 0 radical (unpaired) electrons. The highest BCUT2D eigenvalue weighted by molar-refractivity contribution is 5.33. The summed E-state index contributed by atoms with van der Waals surface area (Å²) in [6.07, 6.45) is 0.651. The summed E-state index contributed by atoms with van der Waals surface area (Å²) in [4.78, 5) is 12.0. The number of hydrogen-bond donors (Lipinski definition) is 1. The lowest BCUT2D eigenvalue weighted by molar-refractivity contribution is -0.384. The Morgan fingerprint density at radius 1 is 1.38 bits per heavy atom. The van der Waals surface area contributed by atoms with Crippen molar-refractivity contribution in [2.24, 2.45) is 5.73 Å². The van der Waals surface area contributed by atoms with Crippen LogP contribution in [0.1, 0.15) is 12.5 Å². The minimum atomic E-state index is -0.448. The van der Waals surface area contributed by atoms with E-state index in [-0.39, 0.29) is 5.69 Å². The fourth-order valence-corrected chi connectivity index (χ4v) is 1.31. The number of likely N-dealkylation sites (N-methyl/N-ethyl adjacent to an activating group) is 1. The van der Waals surface area contributed by atoms with Gasteiger partial charge < -0.3 is 5.73 Å². The Hall–Kier alpha value is -1.46. The van der Waals surface area contributed by atoms with Crippen molar-refractivity contribution in [2.75, 3.05) is 14.1 Å². The number of nitrogens with zero attached hydrogens (tertiary/aromatic N) is 2. The molecule has 0 aliphatic rings. The molecule has 1 aromatic carbocycles. The highest BCUT2D eigenvalue weighted by atomic mass is 16.6. The molecule has 0 aliphatic carbocycles. The van der Waals surface area contributed by atoms with Crippen molar-refractivity contribution in [2.45, 2.75) is 19.0 Å². The quantitative estimate of drug-likeness (QED) is 0.475. The van der Waals surface area contributed by atoms with Crippen LogP contribution in [0.3, 0.4) is 0 Å². The summed E-state index contributed by atoms with van der Waals surface area (Å²) in [5, 5.41) is 10.5. The highest BCUT2D eigenvalue weighted by Crippen LogP contribution is 2.16. The smallest absolute Gasteiger partial charge is 0.269 e. The van der Waals surface area contributed by atoms with Gasteiger partial charge >= 0.3 is 0 Å². The third kappa shape index (κ3) is 3.01. The van der Waals surface area contributed by atoms with Crippen molar-refractivity contribution in [1.29, 1.82) is 0 Å². The van der Waals surface area contributed by atoms with Crippen molar-refractivity contribution >= 4 is 5.69 Å². The second kappa shape index (κ2) is 4.59. The van der Waals surface area contributed by atoms with E-state index in [2.05, 4.69) is 0 Å². The monoisotopic (exact) mass is 223 g/mol. The number of hydrogen-bond acceptors (Lipinski definition) is 4. The number of rotatable bonds is 4. The lowest BCUT2D eigenvalue weighted by atomic mass is 10.0. The van der Waals surface area contributed by atoms with Crippen LogP contribution in [0, 0.1) is 10.1 Å². The van der Waals surface area contributed by atoms with E-state index in [0.717, 1.165) is 5.56 Å². The third-order valence-electron chi connectivity index (χ3n) is 2.73. The normalized spacial score (nSPS) is 14.8. The zero-order chi connectivity index (χ0) is 12.3. The fraction of sp³-hybridized carbons (Fsp3) is 0.455. The second-order valence-corrected chi connectivity index (χ2v) is 4.35. The van der Waals surface area contributed by atoms with Crippen LogP contribution >= 0.6 is 0 Å². The lowest BCUT2D eigenvalue weighted by Crippen LogP contribution is -2.51. The average molecular weight is 223 g/mol. The molecular formula is C11H17N3O2. The second-order valence-electron chi connectivity index (χ2n) is 4.35. The number of nitro benzene ring substituents is 1. The lowest BCUT2D eigenvalue weighted by Gasteiger charge is -2.32. The van der Waals surface area contributed by atoms with E-state index in [1.807, 2.05) is 25.9 Å². The summed E-state index contributed by atoms with van der Waals surface area (Å²) in [6.45, 7) is 1.93. The van der Waals surface area contributed by atoms with Gasteiger partial charge in [0.2, 0.25) is 0 Å². The molecule has 0 saturated carbocycles. The number of non-ortho nitro benzene ring substituents is 1. The molecule has 0 aliphatic heterocycles. The average Bonchev–Trinajstić information content (AvgIpc) is 2.17. The van der Waals surface area contributed by atoms with Gasteiger partial charge in [0.15, 0.2) is 0 Å². The summed E-state index contributed by atoms with van der Waals surface area (Å²) in [5.41, 5.74) is 6.73. The molecule has 5 nitrogen and oxygen atoms in total. The van der Waals surface area contributed by atoms with Crippen molar-refractivity contribution < 1.29 is 4.92 Å². The zero-order valence-corrected chi connectivity index (χ0v) is 9.80. The minimum absolute atomic E-state index is 0.104. The van der Waals surface area contributed by atoms with Gasteiger partial charge in [0.1, 0.15) is 0 Å². The standard InChI is InChI=1S/C11H17N3O2/c1-11(12,13(2)3)8-9-4-6-10(7-5-9)14(15)16/h4-7H,8,12H2,1-3H3.